The lowest BCUT2D eigenvalue weighted by Gasteiger charge is -2.08. The van der Waals surface area contributed by atoms with Gasteiger partial charge in [0.25, 0.3) is 0 Å². The fourth-order valence-corrected chi connectivity index (χ4v) is 2.44. The van der Waals surface area contributed by atoms with Gasteiger partial charge >= 0.3 is 0 Å². The van der Waals surface area contributed by atoms with Crippen molar-refractivity contribution in [1.29, 1.82) is 0 Å². The third-order valence-corrected chi connectivity index (χ3v) is 3.72. The van der Waals surface area contributed by atoms with Gasteiger partial charge in [0.15, 0.2) is 5.82 Å². The summed E-state index contributed by atoms with van der Waals surface area (Å²) < 4.78 is 1.00. The maximum absolute atomic E-state index is 4.42. The summed E-state index contributed by atoms with van der Waals surface area (Å²) in [4.78, 5) is 4.42. The van der Waals surface area contributed by atoms with Crippen LogP contribution in [0, 0.1) is 6.92 Å². The second-order valence-corrected chi connectivity index (χ2v) is 6.06. The summed E-state index contributed by atoms with van der Waals surface area (Å²) in [5.74, 6) is 1.13. The van der Waals surface area contributed by atoms with Gasteiger partial charge in [0.2, 0.25) is 5.95 Å². The number of rotatable bonds is 5. The maximum atomic E-state index is 4.42. The van der Waals surface area contributed by atoms with E-state index in [0.29, 0.717) is 18.3 Å². The predicted molar refractivity (Wildman–Crippen MR) is 95.8 cm³/mol. The molecule has 0 radical (unpaired) electrons. The zero-order chi connectivity index (χ0) is 16.1. The number of halogens is 1. The van der Waals surface area contributed by atoms with Gasteiger partial charge in [-0.3, -0.25) is 0 Å². The molecule has 0 spiro atoms. The minimum absolute atomic E-state index is 0.491. The van der Waals surface area contributed by atoms with Crippen LogP contribution in [0.2, 0.25) is 0 Å². The minimum Gasteiger partial charge on any atom is -0.349 e. The standard InChI is InChI=1S/C17H16BrN5/c1-12-5-7-13(8-6-12)10-19-17-22-16(11-20-23-17)21-15-4-2-3-14(18)9-15/h2-9,11H,10H2,1H3,(H2,19,21,22,23). The Kier molecular flexibility index (Phi) is 4.83. The molecule has 6 heteroatoms. The molecule has 0 aliphatic carbocycles. The number of aromatic nitrogens is 3. The molecule has 0 aliphatic rings. The molecule has 0 fully saturated rings. The average Bonchev–Trinajstić information content (AvgIpc) is 2.55. The number of nitrogens with one attached hydrogen (secondary N) is 2. The second-order valence-electron chi connectivity index (χ2n) is 5.14. The topological polar surface area (TPSA) is 62.7 Å². The molecule has 0 saturated carbocycles. The van der Waals surface area contributed by atoms with Gasteiger partial charge in [0.05, 0.1) is 6.20 Å². The number of benzene rings is 2. The van der Waals surface area contributed by atoms with Crippen molar-refractivity contribution in [3.05, 3.63) is 70.3 Å². The van der Waals surface area contributed by atoms with Crippen LogP contribution in [0.25, 0.3) is 0 Å². The first-order valence-electron chi connectivity index (χ1n) is 7.21. The summed E-state index contributed by atoms with van der Waals surface area (Å²) in [6.07, 6.45) is 1.60. The molecule has 23 heavy (non-hydrogen) atoms. The number of aryl methyl sites for hydroxylation is 1. The van der Waals surface area contributed by atoms with Gasteiger partial charge in [-0.25, -0.2) is 0 Å². The summed E-state index contributed by atoms with van der Waals surface area (Å²) in [6, 6.07) is 16.2. The second kappa shape index (κ2) is 7.19. The van der Waals surface area contributed by atoms with Crippen LogP contribution < -0.4 is 10.6 Å². The van der Waals surface area contributed by atoms with E-state index in [1.165, 1.54) is 11.1 Å². The van der Waals surface area contributed by atoms with E-state index in [1.54, 1.807) is 6.20 Å². The van der Waals surface area contributed by atoms with Crippen LogP contribution >= 0.6 is 15.9 Å². The number of hydrogen-bond donors (Lipinski definition) is 2. The summed E-state index contributed by atoms with van der Waals surface area (Å²) >= 11 is 3.45. The Bertz CT molecular complexity index is 789. The van der Waals surface area contributed by atoms with Crippen LogP contribution in [0.4, 0.5) is 17.5 Å². The molecule has 116 valence electrons. The van der Waals surface area contributed by atoms with Gasteiger partial charge in [-0.05, 0) is 30.7 Å². The third kappa shape index (κ3) is 4.50. The van der Waals surface area contributed by atoms with Crippen molar-refractivity contribution in [2.45, 2.75) is 13.5 Å². The highest BCUT2D eigenvalue weighted by atomic mass is 79.9. The van der Waals surface area contributed by atoms with Gasteiger partial charge < -0.3 is 10.6 Å². The lowest BCUT2D eigenvalue weighted by molar-refractivity contribution is 0.948. The van der Waals surface area contributed by atoms with E-state index >= 15 is 0 Å². The van der Waals surface area contributed by atoms with Crippen molar-refractivity contribution < 1.29 is 0 Å². The van der Waals surface area contributed by atoms with Crippen molar-refractivity contribution in [2.75, 3.05) is 10.6 Å². The predicted octanol–water partition coefficient (Wildman–Crippen LogP) is 4.30. The fourth-order valence-electron chi connectivity index (χ4n) is 2.04. The van der Waals surface area contributed by atoms with E-state index in [9.17, 15) is 0 Å². The molecular formula is C17H16BrN5. The number of nitrogens with zero attached hydrogens (tertiary/aromatic N) is 3. The molecule has 0 saturated heterocycles. The van der Waals surface area contributed by atoms with Gasteiger partial charge in [0, 0.05) is 16.7 Å². The molecular weight excluding hydrogens is 354 g/mol. The van der Waals surface area contributed by atoms with Gasteiger partial charge in [-0.2, -0.15) is 10.1 Å². The fraction of sp³-hybridized carbons (Fsp3) is 0.118. The van der Waals surface area contributed by atoms with Crippen LogP contribution in [0.5, 0.6) is 0 Å². The molecule has 2 N–H and O–H groups in total. The summed E-state index contributed by atoms with van der Waals surface area (Å²) in [5.41, 5.74) is 3.35. The molecule has 0 atom stereocenters. The molecule has 3 rings (SSSR count). The largest absolute Gasteiger partial charge is 0.349 e. The highest BCUT2D eigenvalue weighted by molar-refractivity contribution is 9.10. The molecule has 2 aromatic carbocycles. The maximum Gasteiger partial charge on any atom is 0.244 e. The molecule has 0 bridgehead atoms. The van der Waals surface area contributed by atoms with E-state index < -0.39 is 0 Å². The Morgan fingerprint density at radius 1 is 1.09 bits per heavy atom. The average molecular weight is 370 g/mol. The summed E-state index contributed by atoms with van der Waals surface area (Å²) in [7, 11) is 0. The third-order valence-electron chi connectivity index (χ3n) is 3.23. The van der Waals surface area contributed by atoms with E-state index in [-0.39, 0.29) is 0 Å². The van der Waals surface area contributed by atoms with Crippen LogP contribution in [-0.4, -0.2) is 15.2 Å². The van der Waals surface area contributed by atoms with Gasteiger partial charge in [0.1, 0.15) is 0 Å². The lowest BCUT2D eigenvalue weighted by Crippen LogP contribution is -2.06. The van der Waals surface area contributed by atoms with Crippen molar-refractivity contribution in [3.8, 4) is 0 Å². The van der Waals surface area contributed by atoms with E-state index in [2.05, 4.69) is 72.9 Å². The SMILES string of the molecule is Cc1ccc(CNc2nncc(Nc3cccc(Br)c3)n2)cc1. The normalized spacial score (nSPS) is 10.3. The quantitative estimate of drug-likeness (QED) is 0.701. The smallest absolute Gasteiger partial charge is 0.244 e. The van der Waals surface area contributed by atoms with Crippen molar-refractivity contribution in [2.24, 2.45) is 0 Å². The first-order chi connectivity index (χ1) is 11.2. The molecule has 1 aromatic heterocycles. The number of anilines is 3. The molecule has 3 aromatic rings. The highest BCUT2D eigenvalue weighted by Gasteiger charge is 2.02. The highest BCUT2D eigenvalue weighted by Crippen LogP contribution is 2.19. The molecule has 0 amide bonds. The number of hydrogen-bond acceptors (Lipinski definition) is 5. The molecule has 1 heterocycles. The lowest BCUT2D eigenvalue weighted by atomic mass is 10.1. The minimum atomic E-state index is 0.491. The van der Waals surface area contributed by atoms with E-state index in [4.69, 9.17) is 0 Å². The van der Waals surface area contributed by atoms with Gasteiger partial charge in [-0.15, -0.1) is 5.10 Å². The molecule has 5 nitrogen and oxygen atoms in total. The first kappa shape index (κ1) is 15.4. The van der Waals surface area contributed by atoms with Crippen LogP contribution in [0.3, 0.4) is 0 Å². The zero-order valence-electron chi connectivity index (χ0n) is 12.6. The first-order valence-corrected chi connectivity index (χ1v) is 8.00. The van der Waals surface area contributed by atoms with E-state index in [1.807, 2.05) is 24.3 Å². The Balaban J connectivity index is 1.66. The van der Waals surface area contributed by atoms with Crippen molar-refractivity contribution in [3.63, 3.8) is 0 Å². The Morgan fingerprint density at radius 3 is 2.70 bits per heavy atom. The van der Waals surface area contributed by atoms with Crippen LogP contribution in [0.1, 0.15) is 11.1 Å². The summed E-state index contributed by atoms with van der Waals surface area (Å²) in [6.45, 7) is 2.73. The molecule has 0 unspecified atom stereocenters. The van der Waals surface area contributed by atoms with E-state index in [0.717, 1.165) is 10.2 Å². The summed E-state index contributed by atoms with van der Waals surface area (Å²) in [5, 5.41) is 14.4. The van der Waals surface area contributed by atoms with Crippen LogP contribution in [-0.2, 0) is 6.54 Å². The van der Waals surface area contributed by atoms with Crippen molar-refractivity contribution in [1.82, 2.24) is 15.2 Å². The van der Waals surface area contributed by atoms with Crippen molar-refractivity contribution >= 4 is 33.4 Å². The van der Waals surface area contributed by atoms with Gasteiger partial charge in [-0.1, -0.05) is 51.8 Å². The molecule has 0 aliphatic heterocycles. The Labute approximate surface area is 143 Å². The Hall–Kier alpha value is -2.47. The monoisotopic (exact) mass is 369 g/mol. The van der Waals surface area contributed by atoms with Crippen LogP contribution in [0.15, 0.2) is 59.2 Å². The Morgan fingerprint density at radius 2 is 1.91 bits per heavy atom. The zero-order valence-corrected chi connectivity index (χ0v) is 14.2.